The quantitative estimate of drug-likeness (QED) is 0.362. The van der Waals surface area contributed by atoms with Gasteiger partial charge in [-0.15, -0.1) is 24.0 Å². The number of benzene rings is 1. The van der Waals surface area contributed by atoms with Crippen molar-refractivity contribution in [3.8, 4) is 0 Å². The van der Waals surface area contributed by atoms with Crippen molar-refractivity contribution in [2.75, 3.05) is 32.7 Å². The number of aliphatic imine (C=N–C) groups is 1. The molecule has 10 heteroatoms. The van der Waals surface area contributed by atoms with Crippen LogP contribution >= 0.6 is 35.6 Å². The first-order valence-electron chi connectivity index (χ1n) is 9.40. The molecule has 0 radical (unpaired) electrons. The van der Waals surface area contributed by atoms with Crippen molar-refractivity contribution in [1.82, 2.24) is 25.3 Å². The van der Waals surface area contributed by atoms with Crippen molar-refractivity contribution in [3.05, 3.63) is 46.6 Å². The number of aryl methyl sites for hydroxylation is 1. The van der Waals surface area contributed by atoms with Crippen molar-refractivity contribution in [1.29, 1.82) is 0 Å². The van der Waals surface area contributed by atoms with Crippen molar-refractivity contribution in [3.63, 3.8) is 0 Å². The van der Waals surface area contributed by atoms with Crippen LogP contribution in [0.15, 0.2) is 33.8 Å². The molecular formula is C19H26ClIN6O2. The third kappa shape index (κ3) is 6.84. The molecule has 0 saturated carbocycles. The Balaban J connectivity index is 0.00000300. The van der Waals surface area contributed by atoms with E-state index in [9.17, 15) is 4.79 Å². The fourth-order valence-electron chi connectivity index (χ4n) is 3.07. The number of hydrogen-bond donors (Lipinski definition) is 1. The van der Waals surface area contributed by atoms with Crippen LogP contribution in [-0.2, 0) is 17.8 Å². The number of nitrogens with one attached hydrogen (secondary N) is 1. The summed E-state index contributed by atoms with van der Waals surface area (Å²) in [6.07, 6.45) is 0.366. The van der Waals surface area contributed by atoms with Crippen LogP contribution in [0.2, 0.25) is 5.02 Å². The molecule has 0 atom stereocenters. The van der Waals surface area contributed by atoms with Crippen LogP contribution in [0.3, 0.4) is 0 Å². The molecule has 29 heavy (non-hydrogen) atoms. The second kappa shape index (κ2) is 11.3. The lowest BCUT2D eigenvalue weighted by Gasteiger charge is -2.36. The van der Waals surface area contributed by atoms with Crippen LogP contribution in [0.4, 0.5) is 0 Å². The van der Waals surface area contributed by atoms with E-state index < -0.39 is 0 Å². The lowest BCUT2D eigenvalue weighted by molar-refractivity contribution is -0.131. The Bertz CT molecular complexity index is 836. The summed E-state index contributed by atoms with van der Waals surface area (Å²) in [7, 11) is 0. The number of carbonyl (C=O) groups is 1. The summed E-state index contributed by atoms with van der Waals surface area (Å²) >= 11 is 6.01. The minimum atomic E-state index is 0. The maximum atomic E-state index is 12.6. The second-order valence-corrected chi connectivity index (χ2v) is 7.02. The fraction of sp³-hybridized carbons (Fsp3) is 0.474. The zero-order chi connectivity index (χ0) is 19.9. The fourth-order valence-corrected chi connectivity index (χ4v) is 3.29. The van der Waals surface area contributed by atoms with Crippen molar-refractivity contribution < 1.29 is 9.32 Å². The number of piperazine rings is 1. The molecule has 1 saturated heterocycles. The summed E-state index contributed by atoms with van der Waals surface area (Å²) in [6.45, 7) is 7.64. The minimum absolute atomic E-state index is 0. The Kier molecular flexibility index (Phi) is 9.15. The van der Waals surface area contributed by atoms with Gasteiger partial charge in [-0.25, -0.2) is 4.99 Å². The number of aromatic nitrogens is 2. The van der Waals surface area contributed by atoms with Gasteiger partial charge >= 0.3 is 0 Å². The highest BCUT2D eigenvalue weighted by Gasteiger charge is 2.23. The van der Waals surface area contributed by atoms with E-state index in [-0.39, 0.29) is 29.9 Å². The van der Waals surface area contributed by atoms with Crippen LogP contribution in [-0.4, -0.2) is 64.5 Å². The maximum absolute atomic E-state index is 12.6. The van der Waals surface area contributed by atoms with Crippen molar-refractivity contribution in [2.24, 2.45) is 4.99 Å². The standard InChI is InChI=1S/C19H25ClN6O2.HI/c1-3-21-19(22-13-17-23-14(2)24-28-17)26-9-7-25(8-10-26)18(27)12-15-5-4-6-16(20)11-15;/h4-6,11H,3,7-10,12-13H2,1-2H3,(H,21,22);1H. The van der Waals surface area contributed by atoms with E-state index in [1.165, 1.54) is 0 Å². The van der Waals surface area contributed by atoms with Crippen molar-refractivity contribution in [2.45, 2.75) is 26.8 Å². The molecule has 1 aliphatic rings. The molecule has 2 aromatic rings. The summed E-state index contributed by atoms with van der Waals surface area (Å²) in [5, 5.41) is 7.72. The van der Waals surface area contributed by atoms with E-state index in [2.05, 4.69) is 25.3 Å². The highest BCUT2D eigenvalue weighted by molar-refractivity contribution is 14.0. The van der Waals surface area contributed by atoms with Crippen LogP contribution in [0.5, 0.6) is 0 Å². The summed E-state index contributed by atoms with van der Waals surface area (Å²) in [6, 6.07) is 7.44. The first-order chi connectivity index (χ1) is 13.5. The maximum Gasteiger partial charge on any atom is 0.248 e. The number of guanidine groups is 1. The largest absolute Gasteiger partial charge is 0.357 e. The van der Waals surface area contributed by atoms with Crippen LogP contribution in [0.1, 0.15) is 24.2 Å². The monoisotopic (exact) mass is 532 g/mol. The van der Waals surface area contributed by atoms with Gasteiger partial charge in [0.1, 0.15) is 6.54 Å². The van der Waals surface area contributed by atoms with E-state index in [1.54, 1.807) is 6.92 Å². The van der Waals surface area contributed by atoms with Crippen molar-refractivity contribution >= 4 is 47.4 Å². The summed E-state index contributed by atoms with van der Waals surface area (Å²) < 4.78 is 5.12. The molecule has 1 amide bonds. The predicted octanol–water partition coefficient (Wildman–Crippen LogP) is 2.50. The Morgan fingerprint density at radius 3 is 2.62 bits per heavy atom. The third-order valence-corrected chi connectivity index (χ3v) is 4.68. The topological polar surface area (TPSA) is 86.9 Å². The van der Waals surface area contributed by atoms with Gasteiger partial charge in [0.05, 0.1) is 6.42 Å². The Morgan fingerprint density at radius 2 is 2.00 bits per heavy atom. The van der Waals surface area contributed by atoms with E-state index in [0.29, 0.717) is 42.8 Å². The molecule has 2 heterocycles. The zero-order valence-corrected chi connectivity index (χ0v) is 19.7. The number of carbonyl (C=O) groups excluding carboxylic acids is 1. The van der Waals surface area contributed by atoms with Gasteiger partial charge in [0, 0.05) is 37.7 Å². The predicted molar refractivity (Wildman–Crippen MR) is 123 cm³/mol. The van der Waals surface area contributed by atoms with Crippen LogP contribution in [0.25, 0.3) is 0 Å². The van der Waals surface area contributed by atoms with Gasteiger partial charge < -0.3 is 19.6 Å². The van der Waals surface area contributed by atoms with E-state index >= 15 is 0 Å². The molecule has 1 aromatic heterocycles. The molecular weight excluding hydrogens is 507 g/mol. The lowest BCUT2D eigenvalue weighted by atomic mass is 10.1. The normalized spacial score (nSPS) is 14.5. The SMILES string of the molecule is CCNC(=NCc1nc(C)no1)N1CCN(C(=O)Cc2cccc(Cl)c2)CC1.I. The molecule has 8 nitrogen and oxygen atoms in total. The second-order valence-electron chi connectivity index (χ2n) is 6.58. The lowest BCUT2D eigenvalue weighted by Crippen LogP contribution is -2.54. The van der Waals surface area contributed by atoms with Gasteiger partial charge in [-0.05, 0) is 31.5 Å². The zero-order valence-electron chi connectivity index (χ0n) is 16.6. The Hall–Kier alpha value is -1.88. The van der Waals surface area contributed by atoms with Gasteiger partial charge in [0.2, 0.25) is 11.8 Å². The smallest absolute Gasteiger partial charge is 0.248 e. The van der Waals surface area contributed by atoms with E-state index in [1.807, 2.05) is 36.1 Å². The molecule has 1 N–H and O–H groups in total. The molecule has 158 valence electrons. The van der Waals surface area contributed by atoms with Crippen LogP contribution in [0, 0.1) is 6.92 Å². The molecule has 0 unspecified atom stereocenters. The molecule has 1 aromatic carbocycles. The minimum Gasteiger partial charge on any atom is -0.357 e. The van der Waals surface area contributed by atoms with E-state index in [4.69, 9.17) is 16.1 Å². The average molecular weight is 533 g/mol. The summed E-state index contributed by atoms with van der Waals surface area (Å²) in [5.41, 5.74) is 0.935. The summed E-state index contributed by atoms with van der Waals surface area (Å²) in [5.74, 6) is 2.00. The first-order valence-corrected chi connectivity index (χ1v) is 9.77. The number of nitrogens with zero attached hydrogens (tertiary/aromatic N) is 5. The van der Waals surface area contributed by atoms with Gasteiger partial charge in [0.15, 0.2) is 11.8 Å². The van der Waals surface area contributed by atoms with Gasteiger partial charge in [0.25, 0.3) is 0 Å². The number of halogens is 2. The van der Waals surface area contributed by atoms with Gasteiger partial charge in [-0.2, -0.15) is 4.98 Å². The Morgan fingerprint density at radius 1 is 1.28 bits per heavy atom. The highest BCUT2D eigenvalue weighted by Crippen LogP contribution is 2.13. The molecule has 1 fully saturated rings. The molecule has 0 bridgehead atoms. The average Bonchev–Trinajstić information content (AvgIpc) is 3.10. The highest BCUT2D eigenvalue weighted by atomic mass is 127. The van der Waals surface area contributed by atoms with Gasteiger partial charge in [-0.1, -0.05) is 28.9 Å². The Labute approximate surface area is 192 Å². The molecule has 0 spiro atoms. The van der Waals surface area contributed by atoms with Gasteiger partial charge in [-0.3, -0.25) is 4.79 Å². The first kappa shape index (κ1) is 23.4. The number of rotatable bonds is 5. The number of hydrogen-bond acceptors (Lipinski definition) is 5. The molecule has 3 rings (SSSR count). The third-order valence-electron chi connectivity index (χ3n) is 4.44. The molecule has 1 aliphatic heterocycles. The van der Waals surface area contributed by atoms with E-state index in [0.717, 1.165) is 31.2 Å². The summed E-state index contributed by atoms with van der Waals surface area (Å²) in [4.78, 5) is 25.4. The van der Waals surface area contributed by atoms with Crippen LogP contribution < -0.4 is 5.32 Å². The number of amides is 1. The molecule has 0 aliphatic carbocycles.